The molecule has 18 nitrogen and oxygen atoms in total. The van der Waals surface area contributed by atoms with E-state index in [2.05, 4.69) is 32.2 Å². The molecule has 6 aliphatic rings. The van der Waals surface area contributed by atoms with Crippen LogP contribution in [0.5, 0.6) is 11.8 Å². The number of nitrogens with one attached hydrogen (secondary N) is 1. The third kappa shape index (κ3) is 9.95. The number of likely N-dealkylation sites (tertiary alicyclic amines) is 2. The third-order valence-corrected chi connectivity index (χ3v) is 18.4. The van der Waals surface area contributed by atoms with Crippen LogP contribution in [0.3, 0.4) is 0 Å². The molecule has 0 spiro atoms. The number of halogens is 2. The van der Waals surface area contributed by atoms with Gasteiger partial charge in [-0.15, -0.1) is 0 Å². The summed E-state index contributed by atoms with van der Waals surface area (Å²) in [6.07, 6.45) is 10.6. The zero-order valence-electron chi connectivity index (χ0n) is 45.3. The minimum Gasteiger partial charge on any atom is -0.508 e. The number of aliphatic hydroxyl groups is 1. The number of aromatic nitrogens is 5. The predicted molar refractivity (Wildman–Crippen MR) is 293 cm³/mol. The highest BCUT2D eigenvalue weighted by Crippen LogP contribution is 2.44. The van der Waals surface area contributed by atoms with E-state index in [4.69, 9.17) is 19.4 Å². The van der Waals surface area contributed by atoms with Crippen molar-refractivity contribution in [3.05, 3.63) is 81.9 Å². The van der Waals surface area contributed by atoms with Crippen molar-refractivity contribution in [2.45, 2.75) is 126 Å². The molecule has 6 saturated heterocycles. The van der Waals surface area contributed by atoms with Crippen molar-refractivity contribution in [1.82, 2.24) is 44.1 Å². The second kappa shape index (κ2) is 21.0. The molecule has 3 amide bonds. The first-order valence-corrected chi connectivity index (χ1v) is 28.4. The number of carbonyl (C=O) groups excluding carboxylic acids is 3. The number of aromatic hydroxyl groups is 1. The summed E-state index contributed by atoms with van der Waals surface area (Å²) < 4.78 is 48.3. The van der Waals surface area contributed by atoms with Crippen LogP contribution in [0.1, 0.15) is 114 Å². The number of hydrogen-bond acceptors (Lipinski definition) is 14. The largest absolute Gasteiger partial charge is 0.508 e. The summed E-state index contributed by atoms with van der Waals surface area (Å²) in [6, 6.07) is 11.2. The summed E-state index contributed by atoms with van der Waals surface area (Å²) >= 11 is 0. The number of phenols is 1. The molecule has 0 radical (unpaired) electrons. The number of imidazole rings is 1. The van der Waals surface area contributed by atoms with E-state index in [-0.39, 0.29) is 84.0 Å². The molecular formula is C59H70F2N10O8. The Kier molecular flexibility index (Phi) is 14.1. The molecular weight excluding hydrogens is 1010 g/mol. The lowest BCUT2D eigenvalue weighted by molar-refractivity contribution is -0.135. The van der Waals surface area contributed by atoms with E-state index in [0.717, 1.165) is 83.1 Å². The zero-order valence-corrected chi connectivity index (χ0v) is 45.3. The molecule has 3 aromatic carbocycles. The maximum atomic E-state index is 17.3. The Morgan fingerprint density at radius 1 is 0.899 bits per heavy atom. The predicted octanol–water partition coefficient (Wildman–Crippen LogP) is 7.48. The van der Waals surface area contributed by atoms with Gasteiger partial charge in [0.25, 0.3) is 0 Å². The fourth-order valence-electron chi connectivity index (χ4n) is 14.2. The van der Waals surface area contributed by atoms with E-state index in [1.807, 2.05) is 22.8 Å². The van der Waals surface area contributed by atoms with Gasteiger partial charge < -0.3 is 34.4 Å². The topological polar surface area (TPSA) is 201 Å². The molecule has 6 fully saturated rings. The Balaban J connectivity index is 0.664. The number of pyridine rings is 1. The van der Waals surface area contributed by atoms with Crippen molar-refractivity contribution in [1.29, 1.82) is 0 Å². The first kappa shape index (κ1) is 52.9. The Morgan fingerprint density at radius 3 is 2.47 bits per heavy atom. The number of nitrogens with zero attached hydrogens (tertiary/aromatic N) is 9. The van der Waals surface area contributed by atoms with Gasteiger partial charge in [0.15, 0.2) is 5.82 Å². The molecule has 12 rings (SSSR count). The standard InChI is InChI=1S/C59H70F2N10O8/c1-4-41-44(60)9-7-38-27-40(72)29-42(49(38)41)51-50(61)52-43(30-62-51)53(69-21-5-18-58(2,77)33-69)65-55(64-52)79-34-59-19-6-22-70(59)39(13-20-59)32-78-57(76)68-25-14-35(15-26-68)31-67-23-16-36(17-24-67)37-8-10-45-47(28-37)66(3)56(75)71(45)46-11-12-48(73)63-54(46)74/h7-10,27-30,35-36,39,46,72,77H,4-6,11-26,31-34H2,1-3H3,(H,63,73,74)/t39-,46?,58+,59-/m0/s1. The highest BCUT2D eigenvalue weighted by atomic mass is 19.1. The fraction of sp³-hybridized carbons (Fsp3) is 0.542. The Bertz CT molecular complexity index is 3440. The van der Waals surface area contributed by atoms with Crippen LogP contribution in [0.15, 0.2) is 53.5 Å². The molecule has 0 bridgehead atoms. The number of rotatable bonds is 12. The molecule has 0 aliphatic carbocycles. The number of ether oxygens (including phenoxy) is 2. The summed E-state index contributed by atoms with van der Waals surface area (Å²) in [6.45, 7) is 9.95. The van der Waals surface area contributed by atoms with Gasteiger partial charge in [-0.05, 0) is 168 Å². The normalized spacial score (nSPS) is 24.7. The molecule has 1 unspecified atom stereocenters. The second-order valence-corrected chi connectivity index (χ2v) is 23.5. The molecule has 9 heterocycles. The van der Waals surface area contributed by atoms with E-state index in [1.54, 1.807) is 24.6 Å². The van der Waals surface area contributed by atoms with Gasteiger partial charge >= 0.3 is 17.8 Å². The Labute approximate surface area is 456 Å². The summed E-state index contributed by atoms with van der Waals surface area (Å²) in [5.41, 5.74) is 1.55. The molecule has 6 aromatic rings. The molecule has 0 saturated carbocycles. The van der Waals surface area contributed by atoms with Gasteiger partial charge in [0.2, 0.25) is 11.8 Å². The monoisotopic (exact) mass is 1080 g/mol. The summed E-state index contributed by atoms with van der Waals surface area (Å²) in [5, 5.41) is 25.7. The molecule has 418 valence electrons. The number of anilines is 1. The molecule has 3 aromatic heterocycles. The van der Waals surface area contributed by atoms with Crippen molar-refractivity contribution in [3.8, 4) is 23.0 Å². The maximum Gasteiger partial charge on any atom is 0.409 e. The Morgan fingerprint density at radius 2 is 1.70 bits per heavy atom. The number of hydrogen-bond donors (Lipinski definition) is 3. The van der Waals surface area contributed by atoms with Crippen LogP contribution >= 0.6 is 0 Å². The van der Waals surface area contributed by atoms with Crippen LogP contribution in [0.4, 0.5) is 19.4 Å². The highest BCUT2D eigenvalue weighted by molar-refractivity contribution is 6.02. The number of phenolic OH excluding ortho intramolecular Hbond substituents is 1. The average molecular weight is 1090 g/mol. The van der Waals surface area contributed by atoms with Crippen molar-refractivity contribution < 1.29 is 42.9 Å². The summed E-state index contributed by atoms with van der Waals surface area (Å²) in [5.74, 6) is -0.828. The van der Waals surface area contributed by atoms with Crippen LogP contribution < -0.4 is 20.6 Å². The van der Waals surface area contributed by atoms with Crippen LogP contribution in [0, 0.1) is 17.6 Å². The fourth-order valence-corrected chi connectivity index (χ4v) is 14.2. The number of carbonyl (C=O) groups is 3. The third-order valence-electron chi connectivity index (χ3n) is 18.4. The van der Waals surface area contributed by atoms with Crippen LogP contribution in [-0.2, 0) is 27.8 Å². The van der Waals surface area contributed by atoms with Gasteiger partial charge in [-0.3, -0.25) is 33.9 Å². The number of piperidine rings is 4. The van der Waals surface area contributed by atoms with Crippen molar-refractivity contribution in [3.63, 3.8) is 0 Å². The smallest absolute Gasteiger partial charge is 0.409 e. The molecule has 3 N–H and O–H groups in total. The number of imide groups is 1. The van der Waals surface area contributed by atoms with Crippen molar-refractivity contribution >= 4 is 56.4 Å². The van der Waals surface area contributed by atoms with Crippen LogP contribution in [0.25, 0.3) is 44.0 Å². The average Bonchev–Trinajstić information content (AvgIpc) is 4.32. The lowest BCUT2D eigenvalue weighted by Gasteiger charge is -2.38. The Hall–Kier alpha value is -6.77. The molecule has 20 heteroatoms. The molecule has 6 aliphatic heterocycles. The van der Waals surface area contributed by atoms with E-state index in [1.165, 1.54) is 34.5 Å². The maximum absolute atomic E-state index is 17.3. The number of aryl methyl sites for hydroxylation is 2. The SMILES string of the molecule is CCc1c(F)ccc2cc(O)cc(-c3ncc4c(N5CCC[C@@](C)(O)C5)nc(OC[C@@]56CCCN5[C@H](COC(=O)N5CCC(CN7CCC(c8ccc9c(c8)n(C)c(=O)n9C8CCC(=O)NC8=O)CC7)CC5)CC6)nc4c3F)c12. The lowest BCUT2D eigenvalue weighted by Crippen LogP contribution is -2.49. The number of benzene rings is 3. The van der Waals surface area contributed by atoms with Gasteiger partial charge in [-0.25, -0.2) is 18.4 Å². The van der Waals surface area contributed by atoms with Gasteiger partial charge in [-0.2, -0.15) is 9.97 Å². The van der Waals surface area contributed by atoms with E-state index in [0.29, 0.717) is 90.2 Å². The molecule has 4 atom stereocenters. The minimum atomic E-state index is -1.00. The van der Waals surface area contributed by atoms with Gasteiger partial charge in [0.05, 0.1) is 27.6 Å². The van der Waals surface area contributed by atoms with E-state index < -0.39 is 29.2 Å². The summed E-state index contributed by atoms with van der Waals surface area (Å²) in [7, 11) is 1.73. The second-order valence-electron chi connectivity index (χ2n) is 23.5. The zero-order chi connectivity index (χ0) is 54.9. The van der Waals surface area contributed by atoms with Gasteiger partial charge in [0.1, 0.15) is 47.9 Å². The van der Waals surface area contributed by atoms with Crippen LogP contribution in [-0.4, -0.2) is 150 Å². The molecule has 79 heavy (non-hydrogen) atoms. The van der Waals surface area contributed by atoms with Gasteiger partial charge in [0, 0.05) is 64.0 Å². The number of β-amino-alcohol motifs (C(OH)–C–C–N with tert-alkyl or cyclic N) is 1. The van der Waals surface area contributed by atoms with E-state index in [9.17, 15) is 29.4 Å². The van der Waals surface area contributed by atoms with Crippen molar-refractivity contribution in [2.24, 2.45) is 13.0 Å². The number of amides is 3. The first-order chi connectivity index (χ1) is 38.1. The van der Waals surface area contributed by atoms with E-state index >= 15 is 8.78 Å². The highest BCUT2D eigenvalue weighted by Gasteiger charge is 2.50. The number of fused-ring (bicyclic) bond motifs is 4. The van der Waals surface area contributed by atoms with Crippen LogP contribution in [0.2, 0.25) is 0 Å². The van der Waals surface area contributed by atoms with Crippen molar-refractivity contribution in [2.75, 3.05) is 70.5 Å². The lowest BCUT2D eigenvalue weighted by atomic mass is 9.88. The summed E-state index contributed by atoms with van der Waals surface area (Å²) in [4.78, 5) is 74.3. The van der Waals surface area contributed by atoms with Gasteiger partial charge in [-0.1, -0.05) is 19.1 Å². The minimum absolute atomic E-state index is 0.00736. The first-order valence-electron chi connectivity index (χ1n) is 28.4. The quantitative estimate of drug-likeness (QED) is 0.102.